The highest BCUT2D eigenvalue weighted by Crippen LogP contribution is 2.32. The van der Waals surface area contributed by atoms with E-state index in [4.69, 9.17) is 9.47 Å². The molecule has 2 rings (SSSR count). The quantitative estimate of drug-likeness (QED) is 0.898. The van der Waals surface area contributed by atoms with E-state index >= 15 is 0 Å². The minimum Gasteiger partial charge on any atom is -0.493 e. The fraction of sp³-hybridized carbons (Fsp3) is 0.235. The number of carbonyl (C=O) groups excluding carboxylic acids is 1. The van der Waals surface area contributed by atoms with Gasteiger partial charge in [-0.05, 0) is 37.6 Å². The smallest absolute Gasteiger partial charge is 0.323 e. The molecule has 0 atom stereocenters. The molecule has 0 spiro atoms. The van der Waals surface area contributed by atoms with Gasteiger partial charge in [0, 0.05) is 17.4 Å². The van der Waals surface area contributed by atoms with Gasteiger partial charge in [0.2, 0.25) is 0 Å². The van der Waals surface area contributed by atoms with Crippen molar-refractivity contribution in [3.63, 3.8) is 0 Å². The summed E-state index contributed by atoms with van der Waals surface area (Å²) in [5, 5.41) is 5.60. The summed E-state index contributed by atoms with van der Waals surface area (Å²) < 4.78 is 10.5. The zero-order valence-corrected chi connectivity index (χ0v) is 13.2. The van der Waals surface area contributed by atoms with E-state index in [0.29, 0.717) is 17.2 Å². The Bertz CT molecular complexity index is 666. The number of rotatable bonds is 4. The average Bonchev–Trinajstić information content (AvgIpc) is 2.51. The topological polar surface area (TPSA) is 59.6 Å². The molecule has 2 aromatic rings. The number of benzene rings is 2. The van der Waals surface area contributed by atoms with Crippen LogP contribution in [0.15, 0.2) is 36.4 Å². The fourth-order valence-electron chi connectivity index (χ4n) is 2.04. The van der Waals surface area contributed by atoms with E-state index in [0.717, 1.165) is 16.8 Å². The second-order valence-electron chi connectivity index (χ2n) is 4.97. The third-order valence-corrected chi connectivity index (χ3v) is 3.29. The van der Waals surface area contributed by atoms with Crippen molar-refractivity contribution in [1.82, 2.24) is 0 Å². The maximum atomic E-state index is 12.1. The van der Waals surface area contributed by atoms with Crippen LogP contribution < -0.4 is 20.1 Å². The Labute approximate surface area is 130 Å². The zero-order chi connectivity index (χ0) is 16.1. The van der Waals surface area contributed by atoms with E-state index in [9.17, 15) is 4.79 Å². The first-order valence-electron chi connectivity index (χ1n) is 6.90. The minimum atomic E-state index is -0.306. The molecular weight excluding hydrogens is 280 g/mol. The van der Waals surface area contributed by atoms with Crippen molar-refractivity contribution in [1.29, 1.82) is 0 Å². The molecule has 2 N–H and O–H groups in total. The summed E-state index contributed by atoms with van der Waals surface area (Å²) in [6, 6.07) is 10.9. The minimum absolute atomic E-state index is 0.306. The van der Waals surface area contributed by atoms with Gasteiger partial charge >= 0.3 is 6.03 Å². The largest absolute Gasteiger partial charge is 0.493 e. The standard InChI is InChI=1S/C17H20N2O3/c1-11-5-7-13(8-6-11)18-17(20)19-14-10-16(22-4)15(21-3)9-12(14)2/h5-10H,1-4H3,(H2,18,19,20). The lowest BCUT2D eigenvalue weighted by atomic mass is 10.1. The van der Waals surface area contributed by atoms with E-state index in [1.54, 1.807) is 20.3 Å². The molecule has 5 nitrogen and oxygen atoms in total. The molecule has 0 saturated carbocycles. The molecule has 0 aromatic heterocycles. The van der Waals surface area contributed by atoms with Crippen LogP contribution in [0.2, 0.25) is 0 Å². The summed E-state index contributed by atoms with van der Waals surface area (Å²) in [5.74, 6) is 1.20. The highest BCUT2D eigenvalue weighted by atomic mass is 16.5. The van der Waals surface area contributed by atoms with E-state index in [-0.39, 0.29) is 6.03 Å². The van der Waals surface area contributed by atoms with Crippen LogP contribution in [-0.2, 0) is 0 Å². The molecule has 0 heterocycles. The molecule has 0 aliphatic rings. The first-order valence-corrected chi connectivity index (χ1v) is 6.90. The summed E-state index contributed by atoms with van der Waals surface area (Å²) in [5.41, 5.74) is 3.43. The van der Waals surface area contributed by atoms with Gasteiger partial charge in [0.25, 0.3) is 0 Å². The second kappa shape index (κ2) is 6.85. The monoisotopic (exact) mass is 300 g/mol. The van der Waals surface area contributed by atoms with Crippen LogP contribution in [0.3, 0.4) is 0 Å². The molecule has 2 aromatic carbocycles. The van der Waals surface area contributed by atoms with Crippen LogP contribution in [0.4, 0.5) is 16.2 Å². The molecule has 0 unspecified atom stereocenters. The van der Waals surface area contributed by atoms with Crippen LogP contribution in [0.25, 0.3) is 0 Å². The van der Waals surface area contributed by atoms with Gasteiger partial charge in [0.15, 0.2) is 11.5 Å². The zero-order valence-electron chi connectivity index (χ0n) is 13.2. The van der Waals surface area contributed by atoms with Gasteiger partial charge in [-0.3, -0.25) is 0 Å². The van der Waals surface area contributed by atoms with Crippen molar-refractivity contribution in [2.75, 3.05) is 24.9 Å². The molecule has 0 radical (unpaired) electrons. The Morgan fingerprint density at radius 3 is 2.09 bits per heavy atom. The highest BCUT2D eigenvalue weighted by molar-refractivity contribution is 6.00. The van der Waals surface area contributed by atoms with E-state index in [2.05, 4.69) is 10.6 Å². The Hall–Kier alpha value is -2.69. The number of nitrogens with one attached hydrogen (secondary N) is 2. The molecule has 0 fully saturated rings. The fourth-order valence-corrected chi connectivity index (χ4v) is 2.04. The van der Waals surface area contributed by atoms with Gasteiger partial charge in [-0.25, -0.2) is 4.79 Å². The lowest BCUT2D eigenvalue weighted by molar-refractivity contribution is 0.262. The van der Waals surface area contributed by atoms with E-state index in [1.807, 2.05) is 44.2 Å². The van der Waals surface area contributed by atoms with Gasteiger partial charge in [0.05, 0.1) is 14.2 Å². The normalized spacial score (nSPS) is 10.0. The van der Waals surface area contributed by atoms with E-state index in [1.165, 1.54) is 0 Å². The number of anilines is 2. The SMILES string of the molecule is COc1cc(C)c(NC(=O)Nc2ccc(C)cc2)cc1OC. The van der Waals surface area contributed by atoms with Crippen molar-refractivity contribution in [2.24, 2.45) is 0 Å². The maximum absolute atomic E-state index is 12.1. The molecule has 0 saturated heterocycles. The van der Waals surface area contributed by atoms with Gasteiger partial charge in [-0.1, -0.05) is 17.7 Å². The van der Waals surface area contributed by atoms with Crippen molar-refractivity contribution < 1.29 is 14.3 Å². The number of hydrogen-bond acceptors (Lipinski definition) is 3. The first-order chi connectivity index (χ1) is 10.5. The Balaban J connectivity index is 2.12. The van der Waals surface area contributed by atoms with Gasteiger partial charge in [-0.15, -0.1) is 0 Å². The number of hydrogen-bond donors (Lipinski definition) is 2. The van der Waals surface area contributed by atoms with Gasteiger partial charge < -0.3 is 20.1 Å². The molecular formula is C17H20N2O3. The van der Waals surface area contributed by atoms with Crippen LogP contribution in [0.1, 0.15) is 11.1 Å². The summed E-state index contributed by atoms with van der Waals surface area (Å²) in [6.45, 7) is 3.89. The molecule has 22 heavy (non-hydrogen) atoms. The lowest BCUT2D eigenvalue weighted by Gasteiger charge is -2.14. The lowest BCUT2D eigenvalue weighted by Crippen LogP contribution is -2.20. The predicted octanol–water partition coefficient (Wildman–Crippen LogP) is 3.96. The van der Waals surface area contributed by atoms with Crippen LogP contribution in [-0.4, -0.2) is 20.3 Å². The van der Waals surface area contributed by atoms with Gasteiger partial charge in [0.1, 0.15) is 0 Å². The number of urea groups is 1. The van der Waals surface area contributed by atoms with Crippen molar-refractivity contribution in [3.8, 4) is 11.5 Å². The Morgan fingerprint density at radius 2 is 1.50 bits per heavy atom. The summed E-state index contributed by atoms with van der Waals surface area (Å²) >= 11 is 0. The second-order valence-corrected chi connectivity index (χ2v) is 4.97. The molecule has 116 valence electrons. The first kappa shape index (κ1) is 15.7. The van der Waals surface area contributed by atoms with Crippen molar-refractivity contribution >= 4 is 17.4 Å². The van der Waals surface area contributed by atoms with Crippen LogP contribution >= 0.6 is 0 Å². The maximum Gasteiger partial charge on any atom is 0.323 e. The molecule has 0 aliphatic heterocycles. The highest BCUT2D eigenvalue weighted by Gasteiger charge is 2.11. The number of amides is 2. The van der Waals surface area contributed by atoms with Crippen LogP contribution in [0, 0.1) is 13.8 Å². The third-order valence-electron chi connectivity index (χ3n) is 3.29. The number of carbonyl (C=O) groups is 1. The third kappa shape index (κ3) is 3.69. The number of methoxy groups -OCH3 is 2. The summed E-state index contributed by atoms with van der Waals surface area (Å²) in [6.07, 6.45) is 0. The average molecular weight is 300 g/mol. The summed E-state index contributed by atoms with van der Waals surface area (Å²) in [7, 11) is 3.14. The van der Waals surface area contributed by atoms with E-state index < -0.39 is 0 Å². The Morgan fingerprint density at radius 1 is 0.909 bits per heavy atom. The number of ether oxygens (including phenoxy) is 2. The number of aryl methyl sites for hydroxylation is 2. The van der Waals surface area contributed by atoms with Crippen molar-refractivity contribution in [2.45, 2.75) is 13.8 Å². The predicted molar refractivity (Wildman–Crippen MR) is 88.1 cm³/mol. The molecule has 0 bridgehead atoms. The van der Waals surface area contributed by atoms with Gasteiger partial charge in [-0.2, -0.15) is 0 Å². The Kier molecular flexibility index (Phi) is 4.88. The molecule has 5 heteroatoms. The summed E-state index contributed by atoms with van der Waals surface area (Å²) in [4.78, 5) is 12.1. The van der Waals surface area contributed by atoms with Crippen molar-refractivity contribution in [3.05, 3.63) is 47.5 Å². The molecule has 2 amide bonds. The molecule has 0 aliphatic carbocycles. The van der Waals surface area contributed by atoms with Crippen LogP contribution in [0.5, 0.6) is 11.5 Å².